The molecule has 618 valence electrons. The van der Waals surface area contributed by atoms with Crippen molar-refractivity contribution in [3.05, 3.63) is 367 Å². The van der Waals surface area contributed by atoms with Gasteiger partial charge in [-0.05, 0) is 250 Å². The van der Waals surface area contributed by atoms with E-state index in [1.54, 1.807) is 148 Å². The van der Waals surface area contributed by atoms with E-state index < -0.39 is 73.7 Å². The molecule has 0 amide bonds. The zero-order valence-electron chi connectivity index (χ0n) is 66.4. The summed E-state index contributed by atoms with van der Waals surface area (Å²) in [6, 6.07) is 51.7. The van der Waals surface area contributed by atoms with E-state index in [0.717, 1.165) is 58.3 Å². The Morgan fingerprint density at radius 3 is 0.942 bits per heavy atom. The quantitative estimate of drug-likeness (QED) is 0.0538. The van der Waals surface area contributed by atoms with Crippen molar-refractivity contribution in [2.24, 2.45) is 21.1 Å². The highest BCUT2D eigenvalue weighted by Gasteiger charge is 2.29. The fraction of sp³-hybridized carbons (Fsp3) is 0.157. The number of benzene rings is 9. The number of rotatable bonds is 19. The van der Waals surface area contributed by atoms with E-state index in [1.165, 1.54) is 103 Å². The first kappa shape index (κ1) is 86.0. The first-order valence-electron chi connectivity index (χ1n) is 36.8. The molecule has 0 aliphatic rings. The van der Waals surface area contributed by atoms with Crippen molar-refractivity contribution in [1.82, 2.24) is 41.1 Å². The second-order valence-corrected chi connectivity index (χ2v) is 31.4. The summed E-state index contributed by atoms with van der Waals surface area (Å²) in [6.45, 7) is 6.86. The third kappa shape index (κ3) is 17.4. The predicted molar refractivity (Wildman–Crippen MR) is 476 cm³/mol. The number of aromatic nitrogens is 9. The summed E-state index contributed by atoms with van der Waals surface area (Å²) >= 11 is 5.86. The average molecular weight is 1980 g/mol. The molecular formula is C89H72F4I3N9O16. The lowest BCUT2D eigenvalue weighted by molar-refractivity contribution is 0.404. The Morgan fingerprint density at radius 2 is 0.628 bits per heavy atom. The van der Waals surface area contributed by atoms with Crippen LogP contribution in [0.1, 0.15) is 38.9 Å². The van der Waals surface area contributed by atoms with E-state index in [9.17, 15) is 47.5 Å². The summed E-state index contributed by atoms with van der Waals surface area (Å²) in [6.07, 6.45) is 0. The predicted octanol–water partition coefficient (Wildman–Crippen LogP) is 14.7. The summed E-state index contributed by atoms with van der Waals surface area (Å²) in [4.78, 5) is 123. The van der Waals surface area contributed by atoms with E-state index in [4.69, 9.17) is 33.2 Å². The van der Waals surface area contributed by atoms with E-state index in [2.05, 4.69) is 0 Å². The monoisotopic (exact) mass is 1980 g/mol. The van der Waals surface area contributed by atoms with Gasteiger partial charge in [0.2, 0.25) is 0 Å². The molecule has 0 atom stereocenters. The number of methoxy groups -OCH3 is 4. The van der Waals surface area contributed by atoms with Crippen molar-refractivity contribution in [1.29, 1.82) is 0 Å². The maximum atomic E-state index is 15.4. The second-order valence-electron chi connectivity index (χ2n) is 27.7. The Morgan fingerprint density at radius 1 is 0.314 bits per heavy atom. The molecule has 6 heterocycles. The molecule has 0 unspecified atom stereocenters. The highest BCUT2D eigenvalue weighted by Crippen LogP contribution is 2.36. The minimum Gasteiger partial charge on any atom is -0.497 e. The van der Waals surface area contributed by atoms with Crippen LogP contribution in [0.3, 0.4) is 0 Å². The number of aryl methyl sites for hydroxylation is 5. The largest absolute Gasteiger partial charge is 0.497 e. The molecule has 0 N–H and O–H groups in total. The first-order valence-corrected chi connectivity index (χ1v) is 40.0. The number of hydrogen-bond donors (Lipinski definition) is 0. The van der Waals surface area contributed by atoms with Crippen LogP contribution in [0.25, 0.3) is 50.2 Å². The number of hydrogen-bond acceptors (Lipinski definition) is 16. The van der Waals surface area contributed by atoms with Gasteiger partial charge in [0.1, 0.15) is 102 Å². The molecule has 15 aromatic rings. The lowest BCUT2D eigenvalue weighted by atomic mass is 10.1. The molecule has 9 aromatic carbocycles. The lowest BCUT2D eigenvalue weighted by Crippen LogP contribution is -2.42. The molecule has 0 saturated carbocycles. The molecule has 0 bridgehead atoms. The first-order chi connectivity index (χ1) is 57.8. The minimum atomic E-state index is -0.873. The molecule has 25 nitrogen and oxygen atoms in total. The van der Waals surface area contributed by atoms with E-state index >= 15 is 13.2 Å². The summed E-state index contributed by atoms with van der Waals surface area (Å²) in [5, 5.41) is -0.303. The van der Waals surface area contributed by atoms with Crippen LogP contribution in [0.5, 0.6) is 57.5 Å². The Hall–Kier alpha value is -12.8. The molecule has 0 radical (unpaired) electrons. The van der Waals surface area contributed by atoms with Crippen LogP contribution >= 0.6 is 67.8 Å². The normalized spacial score (nSPS) is 11.1. The number of fused-ring (bicyclic) bond motifs is 3. The van der Waals surface area contributed by atoms with Crippen molar-refractivity contribution in [3.8, 4) is 74.6 Å². The Labute approximate surface area is 725 Å². The Kier molecular flexibility index (Phi) is 25.6. The van der Waals surface area contributed by atoms with Crippen LogP contribution < -0.4 is 83.6 Å². The molecule has 6 aromatic heterocycles. The van der Waals surface area contributed by atoms with Crippen LogP contribution in [0.2, 0.25) is 0 Å². The molecule has 0 fully saturated rings. The number of pyridine rings is 3. The molecule has 0 spiro atoms. The van der Waals surface area contributed by atoms with Gasteiger partial charge in [0, 0.05) is 55.6 Å². The van der Waals surface area contributed by atoms with Crippen molar-refractivity contribution < 1.29 is 50.7 Å². The van der Waals surface area contributed by atoms with Gasteiger partial charge in [-0.3, -0.25) is 56.2 Å². The third-order valence-corrected chi connectivity index (χ3v) is 22.1. The Bertz CT molecular complexity index is 7260. The molecule has 0 aliphatic carbocycles. The molecule has 121 heavy (non-hydrogen) atoms. The maximum absolute atomic E-state index is 15.4. The van der Waals surface area contributed by atoms with Crippen LogP contribution in [-0.2, 0) is 40.8 Å². The number of nitrogens with zero attached hydrogens (tertiary/aromatic N) is 9. The van der Waals surface area contributed by atoms with Gasteiger partial charge >= 0.3 is 17.1 Å². The molecule has 15 rings (SSSR count). The number of halogens is 7. The molecule has 0 saturated heterocycles. The minimum absolute atomic E-state index is 0.0278. The zero-order chi connectivity index (χ0) is 86.9. The van der Waals surface area contributed by atoms with Gasteiger partial charge in [0.15, 0.2) is 11.6 Å². The zero-order valence-corrected chi connectivity index (χ0v) is 72.8. The number of ether oxygens (including phenoxy) is 7. The second kappa shape index (κ2) is 36.0. The Balaban J connectivity index is 0.000000157. The smallest absolute Gasteiger partial charge is 0.337 e. The average Bonchev–Trinajstić information content (AvgIpc) is 0.738. The van der Waals surface area contributed by atoms with Gasteiger partial charge in [-0.1, -0.05) is 60.7 Å². The summed E-state index contributed by atoms with van der Waals surface area (Å²) in [7, 11) is 10.3. The van der Waals surface area contributed by atoms with Crippen molar-refractivity contribution in [2.75, 3.05) is 28.4 Å². The summed E-state index contributed by atoms with van der Waals surface area (Å²) in [5.41, 5.74) is -2.22. The SMILES string of the molecule is COc1ccc(Cn2c(=O)c3c(Oc4ccc(C)cc4F)cc(=O)n(C)c3n(-c3ccc(I)cc3F)c2=O)cc1.COc1ccc(Cn2c(=O)c3c(Oc4cccc(C)c4C)cc(=O)n(C)c3n(-c3ccc(I)cc3F)c2=O)cc1.COc1ccc(Cn2c(=O)c3c(Oc4cccc(OC)c4C)cc(=O)n(C)c3n(-c3ccc(I)cc3F)c2=O)cc1. The molecular weight excluding hydrogens is 1910 g/mol. The van der Waals surface area contributed by atoms with Crippen molar-refractivity contribution >= 4 is 101 Å². The maximum Gasteiger partial charge on any atom is 0.337 e. The third-order valence-electron chi connectivity index (χ3n) is 20.1. The van der Waals surface area contributed by atoms with Crippen molar-refractivity contribution in [3.63, 3.8) is 0 Å². The topological polar surface area (TPSA) is 263 Å². The van der Waals surface area contributed by atoms with Crippen LogP contribution in [0.4, 0.5) is 17.6 Å². The molecule has 32 heteroatoms. The fourth-order valence-corrected chi connectivity index (χ4v) is 14.9. The van der Waals surface area contributed by atoms with E-state index in [1.807, 2.05) is 87.7 Å². The van der Waals surface area contributed by atoms with E-state index in [-0.39, 0.29) is 92.8 Å². The summed E-state index contributed by atoms with van der Waals surface area (Å²) < 4.78 is 111. The van der Waals surface area contributed by atoms with Crippen molar-refractivity contribution in [2.45, 2.75) is 47.3 Å². The highest BCUT2D eigenvalue weighted by molar-refractivity contribution is 14.1. The van der Waals surface area contributed by atoms with Crippen LogP contribution in [0.15, 0.2) is 243 Å². The van der Waals surface area contributed by atoms with E-state index in [0.29, 0.717) is 73.0 Å². The molecule has 0 aliphatic heterocycles. The van der Waals surface area contributed by atoms with Gasteiger partial charge in [0.05, 0.1) is 65.1 Å². The fourth-order valence-electron chi connectivity index (χ4n) is 13.5. The summed E-state index contributed by atoms with van der Waals surface area (Å²) in [5.74, 6) is -0.268. The van der Waals surface area contributed by atoms with Gasteiger partial charge < -0.3 is 33.2 Å². The highest BCUT2D eigenvalue weighted by atomic mass is 127. The van der Waals surface area contributed by atoms with Gasteiger partial charge in [-0.2, -0.15) is 0 Å². The van der Waals surface area contributed by atoms with Gasteiger partial charge in [0.25, 0.3) is 33.4 Å². The van der Waals surface area contributed by atoms with Crippen LogP contribution in [-0.4, -0.2) is 69.5 Å². The van der Waals surface area contributed by atoms with Gasteiger partial charge in [-0.25, -0.2) is 45.6 Å². The lowest BCUT2D eigenvalue weighted by Gasteiger charge is -2.19. The standard InChI is InChI=1S/C30H25FIN3O6.C30H25FIN3O5.C29H22F2IN3O5/c1-17-23(40-4)6-5-7-24(17)41-25-15-26(36)33(2)28-27(25)29(37)34(16-18-8-11-20(39-3)12-9-18)30(38)35(28)22-13-10-19(32)14-21(22)31;1-17-6-5-7-24(18(17)2)40-25-15-26(36)33(3)28-27(25)29(37)34(16-19-8-11-21(39-4)12-9-19)30(38)35(28)23-13-10-20(32)14-22(23)31;1-16-4-11-23(21(31)12-16)40-24-14-25(36)33(2)27-26(24)28(37)34(15-17-5-8-19(39-3)9-6-17)29(38)35(27)22-10-7-18(32)13-20(22)30/h5-15H,16H2,1-4H3;5-15H,16H2,1-4H3;4-14H,15H2,1-3H3. The van der Waals surface area contributed by atoms with Crippen LogP contribution in [0, 0.1) is 61.7 Å². The van der Waals surface area contributed by atoms with Gasteiger partial charge in [-0.15, -0.1) is 0 Å².